The van der Waals surface area contributed by atoms with E-state index in [9.17, 15) is 0 Å². The van der Waals surface area contributed by atoms with Crippen LogP contribution in [0.4, 0.5) is 22.7 Å². The molecule has 0 fully saturated rings. The van der Waals surface area contributed by atoms with Crippen molar-refractivity contribution in [2.24, 2.45) is 0 Å². The highest BCUT2D eigenvalue weighted by Gasteiger charge is 2.06. The molecule has 10 heteroatoms. The maximum atomic E-state index is 2.38. The van der Waals surface area contributed by atoms with Gasteiger partial charge in [-0.2, -0.15) is 70.6 Å². The average molecular weight is 741 g/mol. The van der Waals surface area contributed by atoms with Crippen LogP contribution in [0.3, 0.4) is 0 Å². The van der Waals surface area contributed by atoms with Crippen LogP contribution >= 0.6 is 70.6 Å². The van der Waals surface area contributed by atoms with Gasteiger partial charge < -0.3 is 19.6 Å². The van der Waals surface area contributed by atoms with Crippen molar-refractivity contribution in [2.45, 2.75) is 25.7 Å². The lowest BCUT2D eigenvalue weighted by Gasteiger charge is -2.22. The van der Waals surface area contributed by atoms with Crippen LogP contribution in [0.15, 0.2) is 48.5 Å². The number of anilines is 4. The molecule has 0 N–H and O–H groups in total. The van der Waals surface area contributed by atoms with Gasteiger partial charge in [-0.1, -0.05) is 0 Å². The van der Waals surface area contributed by atoms with E-state index in [2.05, 4.69) is 167 Å². The largest absolute Gasteiger partial charge is 0.375 e. The molecule has 0 amide bonds. The highest BCUT2D eigenvalue weighted by molar-refractivity contribution is 8.05. The van der Waals surface area contributed by atoms with E-state index in [1.165, 1.54) is 117 Å². The smallest absolute Gasteiger partial charge is 0.0365 e. The predicted molar refractivity (Wildman–Crippen MR) is 228 cm³/mol. The second-order valence-corrected chi connectivity index (χ2v) is 19.2. The molecule has 0 saturated heterocycles. The monoisotopic (exact) mass is 740 g/mol. The number of hydrogen-bond donors (Lipinski definition) is 0. The van der Waals surface area contributed by atoms with E-state index >= 15 is 0 Å². The zero-order valence-corrected chi connectivity index (χ0v) is 33.9. The lowest BCUT2D eigenvalue weighted by atomic mass is 10.2. The molecule has 4 heterocycles. The van der Waals surface area contributed by atoms with Gasteiger partial charge in [-0.05, 0) is 97.2 Å². The van der Waals surface area contributed by atoms with Gasteiger partial charge in [-0.15, -0.1) is 0 Å². The van der Waals surface area contributed by atoms with E-state index in [1.54, 1.807) is 0 Å². The maximum absolute atomic E-state index is 2.38. The van der Waals surface area contributed by atoms with Gasteiger partial charge in [0.05, 0.1) is 0 Å². The van der Waals surface area contributed by atoms with Crippen molar-refractivity contribution in [3.8, 4) is 0 Å². The highest BCUT2D eigenvalue weighted by Crippen LogP contribution is 2.22. The summed E-state index contributed by atoms with van der Waals surface area (Å²) in [6.07, 6.45) is 5.07. The molecule has 4 aliphatic rings. The number of benzene rings is 2. The molecule has 4 bridgehead atoms. The number of nitrogens with zero attached hydrogens (tertiary/aromatic N) is 4. The Bertz CT molecular complexity index is 853. The fourth-order valence-corrected chi connectivity index (χ4v) is 11.5. The summed E-state index contributed by atoms with van der Waals surface area (Å²) in [4.78, 5) is 9.52. The Kier molecular flexibility index (Phi) is 22.4. The Morgan fingerprint density at radius 1 is 0.304 bits per heavy atom. The van der Waals surface area contributed by atoms with Gasteiger partial charge in [0.2, 0.25) is 0 Å². The molecule has 2 aromatic rings. The molecule has 0 aromatic heterocycles. The summed E-state index contributed by atoms with van der Waals surface area (Å²) < 4.78 is 0. The molecule has 0 aliphatic carbocycles. The molecule has 4 nitrogen and oxygen atoms in total. The van der Waals surface area contributed by atoms with Crippen molar-refractivity contribution < 1.29 is 0 Å². The summed E-state index contributed by atoms with van der Waals surface area (Å²) in [5, 5.41) is 0. The van der Waals surface area contributed by atoms with Crippen LogP contribution in [0.2, 0.25) is 0 Å². The van der Waals surface area contributed by atoms with E-state index in [0.29, 0.717) is 0 Å². The van der Waals surface area contributed by atoms with E-state index in [4.69, 9.17) is 0 Å². The van der Waals surface area contributed by atoms with Gasteiger partial charge in [0, 0.05) is 123 Å². The molecular formula is C36H60N4S6. The lowest BCUT2D eigenvalue weighted by molar-refractivity contribution is 0.852. The molecule has 260 valence electrons. The Morgan fingerprint density at radius 2 is 0.478 bits per heavy atom. The summed E-state index contributed by atoms with van der Waals surface area (Å²) >= 11 is 12.7. The van der Waals surface area contributed by atoms with Gasteiger partial charge in [-0.3, -0.25) is 0 Å². The van der Waals surface area contributed by atoms with Crippen molar-refractivity contribution in [3.05, 3.63) is 48.5 Å². The second kappa shape index (κ2) is 25.7. The lowest BCUT2D eigenvalue weighted by Crippen LogP contribution is -2.20. The van der Waals surface area contributed by atoms with E-state index < -0.39 is 0 Å². The molecule has 46 heavy (non-hydrogen) atoms. The molecule has 0 spiro atoms. The van der Waals surface area contributed by atoms with Crippen LogP contribution in [-0.2, 0) is 0 Å². The maximum Gasteiger partial charge on any atom is 0.0365 e. The molecule has 0 saturated carbocycles. The van der Waals surface area contributed by atoms with Gasteiger partial charge in [-0.25, -0.2) is 0 Å². The van der Waals surface area contributed by atoms with Crippen LogP contribution in [0, 0.1) is 0 Å². The first kappa shape index (κ1) is 40.2. The second-order valence-electron chi connectivity index (χ2n) is 11.8. The van der Waals surface area contributed by atoms with Gasteiger partial charge in [0.1, 0.15) is 0 Å². The van der Waals surface area contributed by atoms with Crippen LogP contribution in [0.25, 0.3) is 0 Å². The van der Waals surface area contributed by atoms with Crippen molar-refractivity contribution >= 4 is 93.3 Å². The fourth-order valence-electron chi connectivity index (χ4n) is 5.14. The first-order chi connectivity index (χ1) is 22.5. The summed E-state index contributed by atoms with van der Waals surface area (Å²) in [5.74, 6) is 15.6. The minimum Gasteiger partial charge on any atom is -0.375 e. The Hall–Kier alpha value is -0.260. The predicted octanol–water partition coefficient (Wildman–Crippen LogP) is 9.10. The number of thioether (sulfide) groups is 6. The molecule has 6 rings (SSSR count). The first-order valence-corrected chi connectivity index (χ1v) is 24.0. The minimum atomic E-state index is 1.14. The van der Waals surface area contributed by atoms with Crippen molar-refractivity contribution in [1.29, 1.82) is 0 Å². The third-order valence-electron chi connectivity index (χ3n) is 8.08. The fraction of sp³-hybridized carbons (Fsp3) is 0.667. The zero-order valence-electron chi connectivity index (χ0n) is 29.0. The van der Waals surface area contributed by atoms with Gasteiger partial charge in [0.25, 0.3) is 0 Å². The first-order valence-electron chi connectivity index (χ1n) is 17.1. The van der Waals surface area contributed by atoms with E-state index in [0.717, 1.165) is 26.2 Å². The molecule has 0 unspecified atom stereocenters. The number of rotatable bonds is 0. The van der Waals surface area contributed by atoms with Crippen LogP contribution < -0.4 is 19.6 Å². The minimum absolute atomic E-state index is 1.14. The SMILES string of the molecule is CN1CCCSCCSCCSCCCN(C)c2ccc1cc2.CN1CCCSCCSCCSCCCN(C)c2ccc1cc2. The number of hydrogen-bond acceptors (Lipinski definition) is 10. The Labute approximate surface area is 308 Å². The van der Waals surface area contributed by atoms with Crippen LogP contribution in [0.1, 0.15) is 25.7 Å². The summed E-state index contributed by atoms with van der Waals surface area (Å²) in [6, 6.07) is 18.1. The Balaban J connectivity index is 0.000000250. The van der Waals surface area contributed by atoms with Gasteiger partial charge in [0.15, 0.2) is 0 Å². The summed E-state index contributed by atoms with van der Waals surface area (Å²) in [5.41, 5.74) is 5.32. The third-order valence-corrected chi connectivity index (χ3v) is 15.4. The summed E-state index contributed by atoms with van der Waals surface area (Å²) in [7, 11) is 8.83. The van der Waals surface area contributed by atoms with Gasteiger partial charge >= 0.3 is 0 Å². The molecule has 2 aromatic carbocycles. The van der Waals surface area contributed by atoms with Crippen molar-refractivity contribution in [3.63, 3.8) is 0 Å². The van der Waals surface area contributed by atoms with Crippen LogP contribution in [0.5, 0.6) is 0 Å². The van der Waals surface area contributed by atoms with Crippen LogP contribution in [-0.4, -0.2) is 123 Å². The molecule has 0 radical (unpaired) electrons. The standard InChI is InChI=1S/2C18H30N2S3/c2*1-19-9-3-11-21-13-15-23-16-14-22-12-4-10-20(2)18-7-5-17(19)6-8-18/h2*5-8H,3-4,9-16H2,1-2H3. The average Bonchev–Trinajstić information content (AvgIpc) is 3.08. The third kappa shape index (κ3) is 17.4. The molecule has 4 aliphatic heterocycles. The summed E-state index contributed by atoms with van der Waals surface area (Å²) in [6.45, 7) is 4.58. The van der Waals surface area contributed by atoms with E-state index in [-0.39, 0.29) is 0 Å². The van der Waals surface area contributed by atoms with Crippen molar-refractivity contribution in [2.75, 3.05) is 143 Å². The Morgan fingerprint density at radius 3 is 0.674 bits per heavy atom. The van der Waals surface area contributed by atoms with Crippen molar-refractivity contribution in [1.82, 2.24) is 0 Å². The molecule has 0 atom stereocenters. The topological polar surface area (TPSA) is 13.0 Å². The quantitative estimate of drug-likeness (QED) is 0.258. The highest BCUT2D eigenvalue weighted by atomic mass is 32.2. The molecular weight excluding hydrogens is 681 g/mol. The van der Waals surface area contributed by atoms with E-state index in [1.807, 2.05) is 0 Å². The normalized spacial score (nSPS) is 19.9. The number of fused-ring (bicyclic) bond motifs is 32. The zero-order chi connectivity index (χ0) is 32.7.